The molecule has 19 heavy (non-hydrogen) atoms. The van der Waals surface area contributed by atoms with Crippen molar-refractivity contribution in [2.75, 3.05) is 17.0 Å². The molecule has 0 spiro atoms. The van der Waals surface area contributed by atoms with Crippen LogP contribution in [0.4, 0.5) is 23.2 Å². The van der Waals surface area contributed by atoms with E-state index in [0.29, 0.717) is 18.2 Å². The first kappa shape index (κ1) is 15.7. The van der Waals surface area contributed by atoms with Gasteiger partial charge in [0.15, 0.2) is 0 Å². The van der Waals surface area contributed by atoms with Gasteiger partial charge >= 0.3 is 6.18 Å². The number of benzene rings is 1. The van der Waals surface area contributed by atoms with Gasteiger partial charge < -0.3 is 5.73 Å². The number of sulfonamides is 1. The van der Waals surface area contributed by atoms with Gasteiger partial charge in [-0.1, -0.05) is 0 Å². The Kier molecular flexibility index (Phi) is 4.75. The summed E-state index contributed by atoms with van der Waals surface area (Å²) in [6.07, 6.45) is -4.55. The second-order valence-electron chi connectivity index (χ2n) is 3.76. The Bertz CT molecular complexity index is 543. The minimum absolute atomic E-state index is 0.103. The van der Waals surface area contributed by atoms with E-state index in [2.05, 4.69) is 0 Å². The molecule has 0 fully saturated rings. The minimum atomic E-state index is -4.68. The second-order valence-corrected chi connectivity index (χ2v) is 5.60. The van der Waals surface area contributed by atoms with Crippen molar-refractivity contribution in [3.63, 3.8) is 0 Å². The average molecular weight is 300 g/mol. The highest BCUT2D eigenvalue weighted by molar-refractivity contribution is 7.92. The summed E-state index contributed by atoms with van der Waals surface area (Å²) >= 11 is 0. The lowest BCUT2D eigenvalue weighted by molar-refractivity contribution is -0.137. The topological polar surface area (TPSA) is 72.2 Å². The molecule has 0 saturated carbocycles. The first-order chi connectivity index (χ1) is 8.65. The van der Waals surface area contributed by atoms with Crippen molar-refractivity contribution in [2.45, 2.75) is 12.6 Å². The molecule has 1 aromatic rings. The lowest BCUT2D eigenvalue weighted by Crippen LogP contribution is -2.20. The Labute approximate surface area is 107 Å². The van der Waals surface area contributed by atoms with E-state index in [1.165, 1.54) is 0 Å². The fraction of sp³-hybridized carbons (Fsp3) is 0.400. The predicted octanol–water partition coefficient (Wildman–Crippen LogP) is 1.94. The summed E-state index contributed by atoms with van der Waals surface area (Å²) in [7, 11) is -3.92. The predicted molar refractivity (Wildman–Crippen MR) is 62.5 cm³/mol. The fourth-order valence-corrected chi connectivity index (χ4v) is 2.41. The van der Waals surface area contributed by atoms with Crippen molar-refractivity contribution in [1.82, 2.24) is 0 Å². The molecule has 0 aliphatic carbocycles. The molecule has 0 saturated heterocycles. The van der Waals surface area contributed by atoms with Crippen LogP contribution in [-0.4, -0.2) is 20.7 Å². The number of nitrogens with two attached hydrogens (primary N) is 1. The van der Waals surface area contributed by atoms with Crippen LogP contribution >= 0.6 is 0 Å². The van der Waals surface area contributed by atoms with Crippen molar-refractivity contribution in [3.05, 3.63) is 29.6 Å². The van der Waals surface area contributed by atoms with Gasteiger partial charge in [0.25, 0.3) is 0 Å². The zero-order chi connectivity index (χ0) is 14.7. The smallest absolute Gasteiger partial charge is 0.330 e. The zero-order valence-electron chi connectivity index (χ0n) is 9.67. The van der Waals surface area contributed by atoms with E-state index >= 15 is 0 Å². The van der Waals surface area contributed by atoms with Crippen LogP contribution in [0, 0.1) is 5.82 Å². The van der Waals surface area contributed by atoms with Gasteiger partial charge in [-0.3, -0.25) is 4.72 Å². The van der Waals surface area contributed by atoms with Crippen molar-refractivity contribution < 1.29 is 26.0 Å². The van der Waals surface area contributed by atoms with Gasteiger partial charge in [0.2, 0.25) is 10.0 Å². The summed E-state index contributed by atoms with van der Waals surface area (Å²) in [6, 6.07) is 1.51. The molecule has 0 heterocycles. The van der Waals surface area contributed by atoms with E-state index in [-0.39, 0.29) is 18.7 Å². The molecule has 1 rings (SSSR count). The fourth-order valence-electron chi connectivity index (χ4n) is 1.27. The summed E-state index contributed by atoms with van der Waals surface area (Å²) in [5.41, 5.74) is 3.26. The molecular formula is C10H12F4N2O2S. The minimum Gasteiger partial charge on any atom is -0.330 e. The molecule has 9 heteroatoms. The molecule has 0 aliphatic heterocycles. The third-order valence-corrected chi connectivity index (χ3v) is 3.53. The highest BCUT2D eigenvalue weighted by atomic mass is 32.2. The number of nitrogens with one attached hydrogen (secondary N) is 1. The van der Waals surface area contributed by atoms with Crippen LogP contribution in [0.3, 0.4) is 0 Å². The summed E-state index contributed by atoms with van der Waals surface area (Å²) < 4.78 is 75.2. The summed E-state index contributed by atoms with van der Waals surface area (Å²) in [4.78, 5) is 0. The zero-order valence-corrected chi connectivity index (χ0v) is 10.5. The largest absolute Gasteiger partial charge is 0.416 e. The second kappa shape index (κ2) is 5.74. The van der Waals surface area contributed by atoms with Crippen molar-refractivity contribution in [1.29, 1.82) is 0 Å². The number of hydrogen-bond acceptors (Lipinski definition) is 3. The molecule has 4 nitrogen and oxygen atoms in total. The Morgan fingerprint density at radius 2 is 1.89 bits per heavy atom. The van der Waals surface area contributed by atoms with Crippen LogP contribution in [0.5, 0.6) is 0 Å². The first-order valence-corrected chi connectivity index (χ1v) is 6.88. The van der Waals surface area contributed by atoms with Gasteiger partial charge in [0, 0.05) is 0 Å². The standard InChI is InChI=1S/C10H12F4N2O2S/c11-8-3-2-7(10(12,13)14)6-9(8)16-19(17,18)5-1-4-15/h2-3,6,16H,1,4-5,15H2. The van der Waals surface area contributed by atoms with E-state index in [1.54, 1.807) is 4.72 Å². The highest BCUT2D eigenvalue weighted by Crippen LogP contribution is 2.32. The summed E-state index contributed by atoms with van der Waals surface area (Å²) in [6.45, 7) is 0.103. The van der Waals surface area contributed by atoms with Gasteiger partial charge in [-0.05, 0) is 31.2 Å². The molecule has 108 valence electrons. The molecule has 0 aromatic heterocycles. The van der Waals surface area contributed by atoms with E-state index in [4.69, 9.17) is 5.73 Å². The lowest BCUT2D eigenvalue weighted by Gasteiger charge is -2.12. The molecular weight excluding hydrogens is 288 g/mol. The van der Waals surface area contributed by atoms with Crippen molar-refractivity contribution in [2.24, 2.45) is 5.73 Å². The van der Waals surface area contributed by atoms with Crippen LogP contribution in [0.2, 0.25) is 0 Å². The van der Waals surface area contributed by atoms with Crippen molar-refractivity contribution >= 4 is 15.7 Å². The van der Waals surface area contributed by atoms with Gasteiger partial charge in [0.1, 0.15) is 5.82 Å². The van der Waals surface area contributed by atoms with E-state index in [9.17, 15) is 26.0 Å². The Balaban J connectivity index is 3.01. The number of halogens is 4. The molecule has 0 radical (unpaired) electrons. The van der Waals surface area contributed by atoms with Gasteiger partial charge in [-0.2, -0.15) is 13.2 Å². The monoisotopic (exact) mass is 300 g/mol. The van der Waals surface area contributed by atoms with Crippen LogP contribution in [0.25, 0.3) is 0 Å². The van der Waals surface area contributed by atoms with E-state index in [0.717, 1.165) is 0 Å². The van der Waals surface area contributed by atoms with Crippen LogP contribution in [-0.2, 0) is 16.2 Å². The Morgan fingerprint density at radius 1 is 1.26 bits per heavy atom. The number of anilines is 1. The highest BCUT2D eigenvalue weighted by Gasteiger charge is 2.31. The van der Waals surface area contributed by atoms with E-state index in [1.807, 2.05) is 0 Å². The Hall–Kier alpha value is -1.35. The van der Waals surface area contributed by atoms with Gasteiger partial charge in [-0.25, -0.2) is 12.8 Å². The molecule has 0 bridgehead atoms. The SMILES string of the molecule is NCCCS(=O)(=O)Nc1cc(C(F)(F)F)ccc1F. The van der Waals surface area contributed by atoms with E-state index < -0.39 is 33.3 Å². The molecule has 0 amide bonds. The third-order valence-electron chi connectivity index (χ3n) is 2.18. The normalized spacial score (nSPS) is 12.5. The Morgan fingerprint density at radius 3 is 2.42 bits per heavy atom. The van der Waals surface area contributed by atoms with Crippen LogP contribution < -0.4 is 10.5 Å². The van der Waals surface area contributed by atoms with Crippen LogP contribution in [0.1, 0.15) is 12.0 Å². The van der Waals surface area contributed by atoms with Crippen LogP contribution in [0.15, 0.2) is 18.2 Å². The van der Waals surface area contributed by atoms with Crippen molar-refractivity contribution in [3.8, 4) is 0 Å². The van der Waals surface area contributed by atoms with Gasteiger partial charge in [0.05, 0.1) is 17.0 Å². The summed E-state index contributed by atoms with van der Waals surface area (Å²) in [5, 5.41) is 0. The maximum absolute atomic E-state index is 13.3. The maximum atomic E-state index is 13.3. The molecule has 0 atom stereocenters. The number of rotatable bonds is 5. The molecule has 1 aromatic carbocycles. The lowest BCUT2D eigenvalue weighted by atomic mass is 10.2. The maximum Gasteiger partial charge on any atom is 0.416 e. The third kappa shape index (κ3) is 4.67. The number of hydrogen-bond donors (Lipinski definition) is 2. The van der Waals surface area contributed by atoms with Gasteiger partial charge in [-0.15, -0.1) is 0 Å². The molecule has 3 N–H and O–H groups in total. The quantitative estimate of drug-likeness (QED) is 0.816. The average Bonchev–Trinajstić information content (AvgIpc) is 2.28. The summed E-state index contributed by atoms with van der Waals surface area (Å²) in [5.74, 6) is -1.47. The first-order valence-electron chi connectivity index (χ1n) is 5.23. The number of alkyl halides is 3. The molecule has 0 unspecified atom stereocenters. The molecule has 0 aliphatic rings.